The number of benzene rings is 1. The number of halogens is 2. The second-order valence-corrected chi connectivity index (χ2v) is 6.11. The first-order chi connectivity index (χ1) is 11.0. The summed E-state index contributed by atoms with van der Waals surface area (Å²) in [5, 5.41) is 0. The molecule has 1 aromatic carbocycles. The van der Waals surface area contributed by atoms with Gasteiger partial charge in [-0.25, -0.2) is 13.8 Å². The zero-order valence-electron chi connectivity index (χ0n) is 13.5. The van der Waals surface area contributed by atoms with Crippen molar-refractivity contribution in [3.05, 3.63) is 53.6 Å². The van der Waals surface area contributed by atoms with E-state index in [2.05, 4.69) is 14.8 Å². The van der Waals surface area contributed by atoms with Crippen LogP contribution in [-0.4, -0.2) is 45.5 Å². The maximum atomic E-state index is 13.9. The first-order valence-electron chi connectivity index (χ1n) is 7.92. The molecule has 6 heteroatoms. The predicted molar refractivity (Wildman–Crippen MR) is 84.8 cm³/mol. The second kappa shape index (κ2) is 6.76. The molecule has 1 aliphatic heterocycles. The maximum absolute atomic E-state index is 13.9. The van der Waals surface area contributed by atoms with Crippen LogP contribution in [0.3, 0.4) is 0 Å². The van der Waals surface area contributed by atoms with E-state index in [0.29, 0.717) is 5.56 Å². The molecule has 0 aliphatic carbocycles. The third-order valence-electron chi connectivity index (χ3n) is 4.65. The van der Waals surface area contributed by atoms with E-state index in [1.807, 2.05) is 30.9 Å². The lowest BCUT2D eigenvalue weighted by Crippen LogP contribution is -2.47. The van der Waals surface area contributed by atoms with Gasteiger partial charge in [0.2, 0.25) is 0 Å². The van der Waals surface area contributed by atoms with Gasteiger partial charge in [-0.15, -0.1) is 0 Å². The van der Waals surface area contributed by atoms with Crippen LogP contribution in [0, 0.1) is 11.6 Å². The Balaban J connectivity index is 1.59. The summed E-state index contributed by atoms with van der Waals surface area (Å²) in [6, 6.07) is 3.79. The van der Waals surface area contributed by atoms with Gasteiger partial charge in [0.1, 0.15) is 17.5 Å². The van der Waals surface area contributed by atoms with Gasteiger partial charge in [-0.2, -0.15) is 0 Å². The summed E-state index contributed by atoms with van der Waals surface area (Å²) in [4.78, 5) is 8.95. The number of nitrogens with zero attached hydrogens (tertiary/aromatic N) is 4. The molecule has 124 valence electrons. The van der Waals surface area contributed by atoms with Crippen molar-refractivity contribution >= 4 is 0 Å². The van der Waals surface area contributed by atoms with Crippen molar-refractivity contribution < 1.29 is 8.78 Å². The standard InChI is InChI=1S/C17H22F2N4/c1-13(15-4-3-14(18)11-16(15)19)23-9-7-22(8-10-23)12-17-20-5-6-21(17)2/h3-6,11,13H,7-10,12H2,1-2H3/t13-/m1/s1. The van der Waals surface area contributed by atoms with Gasteiger partial charge in [-0.3, -0.25) is 9.80 Å². The highest BCUT2D eigenvalue weighted by Crippen LogP contribution is 2.24. The van der Waals surface area contributed by atoms with Crippen LogP contribution >= 0.6 is 0 Å². The Labute approximate surface area is 135 Å². The van der Waals surface area contributed by atoms with Gasteiger partial charge >= 0.3 is 0 Å². The number of aromatic nitrogens is 2. The Morgan fingerprint density at radius 1 is 1.17 bits per heavy atom. The van der Waals surface area contributed by atoms with E-state index in [-0.39, 0.29) is 6.04 Å². The van der Waals surface area contributed by atoms with Crippen molar-refractivity contribution in [2.75, 3.05) is 26.2 Å². The van der Waals surface area contributed by atoms with Crippen molar-refractivity contribution in [1.29, 1.82) is 0 Å². The molecule has 0 saturated carbocycles. The van der Waals surface area contributed by atoms with Gasteiger partial charge in [0, 0.05) is 63.3 Å². The molecule has 2 aromatic rings. The topological polar surface area (TPSA) is 24.3 Å². The van der Waals surface area contributed by atoms with Gasteiger partial charge in [0.25, 0.3) is 0 Å². The Morgan fingerprint density at radius 3 is 2.52 bits per heavy atom. The van der Waals surface area contributed by atoms with E-state index in [0.717, 1.165) is 44.6 Å². The molecule has 0 radical (unpaired) electrons. The Bertz CT molecular complexity index is 662. The number of hydrogen-bond acceptors (Lipinski definition) is 3. The summed E-state index contributed by atoms with van der Waals surface area (Å²) in [6.45, 7) is 6.37. The fraction of sp³-hybridized carbons (Fsp3) is 0.471. The number of imidazole rings is 1. The molecule has 1 aliphatic rings. The van der Waals surface area contributed by atoms with Crippen LogP contribution in [0.2, 0.25) is 0 Å². The first-order valence-corrected chi connectivity index (χ1v) is 7.92. The van der Waals surface area contributed by atoms with E-state index in [9.17, 15) is 8.78 Å². The molecule has 1 saturated heterocycles. The van der Waals surface area contributed by atoms with Gasteiger partial charge in [0.05, 0.1) is 6.54 Å². The molecule has 3 rings (SSSR count). The van der Waals surface area contributed by atoms with Crippen LogP contribution in [0.4, 0.5) is 8.78 Å². The van der Waals surface area contributed by atoms with Crippen LogP contribution in [0.5, 0.6) is 0 Å². The number of rotatable bonds is 4. The maximum Gasteiger partial charge on any atom is 0.130 e. The van der Waals surface area contributed by atoms with E-state index >= 15 is 0 Å². The van der Waals surface area contributed by atoms with Crippen LogP contribution in [0.25, 0.3) is 0 Å². The van der Waals surface area contributed by atoms with Crippen molar-refractivity contribution in [2.24, 2.45) is 7.05 Å². The molecular weight excluding hydrogens is 298 g/mol. The van der Waals surface area contributed by atoms with E-state index < -0.39 is 11.6 Å². The minimum Gasteiger partial charge on any atom is -0.337 e. The lowest BCUT2D eigenvalue weighted by molar-refractivity contribution is 0.0943. The van der Waals surface area contributed by atoms with Crippen molar-refractivity contribution in [2.45, 2.75) is 19.5 Å². The van der Waals surface area contributed by atoms with Crippen LogP contribution in [0.1, 0.15) is 24.4 Å². The normalized spacial score (nSPS) is 18.3. The summed E-state index contributed by atoms with van der Waals surface area (Å²) >= 11 is 0. The molecule has 0 amide bonds. The lowest BCUT2D eigenvalue weighted by atomic mass is 10.1. The average molecular weight is 320 g/mol. The molecule has 1 aromatic heterocycles. The molecule has 23 heavy (non-hydrogen) atoms. The fourth-order valence-corrected chi connectivity index (χ4v) is 3.09. The molecular formula is C17H22F2N4. The number of piperazine rings is 1. The molecule has 0 N–H and O–H groups in total. The molecule has 0 unspecified atom stereocenters. The van der Waals surface area contributed by atoms with Gasteiger partial charge in [-0.1, -0.05) is 6.07 Å². The second-order valence-electron chi connectivity index (χ2n) is 6.11. The van der Waals surface area contributed by atoms with Crippen molar-refractivity contribution in [3.63, 3.8) is 0 Å². The Morgan fingerprint density at radius 2 is 1.91 bits per heavy atom. The van der Waals surface area contributed by atoms with Crippen molar-refractivity contribution in [1.82, 2.24) is 19.4 Å². The quantitative estimate of drug-likeness (QED) is 0.865. The zero-order chi connectivity index (χ0) is 16.4. The van der Waals surface area contributed by atoms with Gasteiger partial charge < -0.3 is 4.57 Å². The summed E-state index contributed by atoms with van der Waals surface area (Å²) in [5.74, 6) is 0.0577. The highest BCUT2D eigenvalue weighted by molar-refractivity contribution is 5.22. The lowest BCUT2D eigenvalue weighted by Gasteiger charge is -2.38. The largest absolute Gasteiger partial charge is 0.337 e. The van der Waals surface area contributed by atoms with E-state index in [1.165, 1.54) is 6.07 Å². The Hall–Kier alpha value is -1.79. The molecule has 1 atom stereocenters. The molecule has 0 spiro atoms. The Kier molecular flexibility index (Phi) is 4.73. The third-order valence-corrected chi connectivity index (χ3v) is 4.65. The molecule has 0 bridgehead atoms. The highest BCUT2D eigenvalue weighted by atomic mass is 19.1. The first kappa shape index (κ1) is 16.1. The summed E-state index contributed by atoms with van der Waals surface area (Å²) < 4.78 is 29.0. The average Bonchev–Trinajstić information content (AvgIpc) is 2.93. The van der Waals surface area contributed by atoms with Gasteiger partial charge in [0.15, 0.2) is 0 Å². The fourth-order valence-electron chi connectivity index (χ4n) is 3.09. The third kappa shape index (κ3) is 3.59. The predicted octanol–water partition coefficient (Wildman–Crippen LogP) is 2.58. The number of hydrogen-bond donors (Lipinski definition) is 0. The number of aryl methyl sites for hydroxylation is 1. The van der Waals surface area contributed by atoms with Crippen LogP contribution in [-0.2, 0) is 13.6 Å². The van der Waals surface area contributed by atoms with Crippen molar-refractivity contribution in [3.8, 4) is 0 Å². The SMILES string of the molecule is C[C@H](c1ccc(F)cc1F)N1CCN(Cc2nccn2C)CC1. The minimum atomic E-state index is -0.529. The summed E-state index contributed by atoms with van der Waals surface area (Å²) in [7, 11) is 2.00. The monoisotopic (exact) mass is 320 g/mol. The summed E-state index contributed by atoms with van der Waals surface area (Å²) in [5.41, 5.74) is 0.559. The smallest absolute Gasteiger partial charge is 0.130 e. The zero-order valence-corrected chi connectivity index (χ0v) is 13.5. The van der Waals surface area contributed by atoms with Crippen LogP contribution in [0.15, 0.2) is 30.6 Å². The molecule has 1 fully saturated rings. The van der Waals surface area contributed by atoms with E-state index in [4.69, 9.17) is 0 Å². The molecule has 4 nitrogen and oxygen atoms in total. The summed E-state index contributed by atoms with van der Waals surface area (Å²) in [6.07, 6.45) is 3.76. The molecule has 2 heterocycles. The van der Waals surface area contributed by atoms with Crippen LogP contribution < -0.4 is 0 Å². The minimum absolute atomic E-state index is 0.0501. The van der Waals surface area contributed by atoms with E-state index in [1.54, 1.807) is 6.07 Å². The van der Waals surface area contributed by atoms with Gasteiger partial charge in [-0.05, 0) is 13.0 Å². The highest BCUT2D eigenvalue weighted by Gasteiger charge is 2.24.